The Kier molecular flexibility index (Phi) is 5.34. The Hall–Kier alpha value is -3.32. The van der Waals surface area contributed by atoms with Crippen LogP contribution in [0.4, 0.5) is 5.69 Å². The number of H-pyrrole nitrogens is 1. The van der Waals surface area contributed by atoms with Gasteiger partial charge in [-0.1, -0.05) is 30.3 Å². The lowest BCUT2D eigenvalue weighted by Gasteiger charge is -2.35. The minimum absolute atomic E-state index is 0.0507. The van der Waals surface area contributed by atoms with Gasteiger partial charge in [0.25, 0.3) is 0 Å². The van der Waals surface area contributed by atoms with Crippen LogP contribution in [0.2, 0.25) is 0 Å². The SMILES string of the molecule is O=C1NCC(=O)N(Cc2ccc(N3CCOCC3)cc2)[C@@H]1Cc1c[nH]c2ccccc12. The number of hydrogen-bond acceptors (Lipinski definition) is 4. The summed E-state index contributed by atoms with van der Waals surface area (Å²) in [6, 6.07) is 15.8. The van der Waals surface area contributed by atoms with Crippen LogP contribution in [0.5, 0.6) is 0 Å². The molecule has 0 aliphatic carbocycles. The van der Waals surface area contributed by atoms with Crippen LogP contribution in [-0.2, 0) is 27.3 Å². The van der Waals surface area contributed by atoms with E-state index in [-0.39, 0.29) is 18.4 Å². The van der Waals surface area contributed by atoms with Crippen molar-refractivity contribution in [1.82, 2.24) is 15.2 Å². The Morgan fingerprint density at radius 2 is 1.77 bits per heavy atom. The molecule has 7 heteroatoms. The van der Waals surface area contributed by atoms with Gasteiger partial charge in [0, 0.05) is 48.8 Å². The lowest BCUT2D eigenvalue weighted by atomic mass is 10.0. The van der Waals surface area contributed by atoms with Gasteiger partial charge >= 0.3 is 0 Å². The summed E-state index contributed by atoms with van der Waals surface area (Å²) in [5, 5.41) is 3.84. The molecule has 2 fully saturated rings. The quantitative estimate of drug-likeness (QED) is 0.665. The predicted molar refractivity (Wildman–Crippen MR) is 119 cm³/mol. The predicted octanol–water partition coefficient (Wildman–Crippen LogP) is 2.07. The topological polar surface area (TPSA) is 77.7 Å². The van der Waals surface area contributed by atoms with Crippen LogP contribution in [-0.4, -0.2) is 60.6 Å². The number of carbonyl (C=O) groups excluding carboxylic acids is 2. The highest BCUT2D eigenvalue weighted by molar-refractivity contribution is 5.95. The third-order valence-corrected chi connectivity index (χ3v) is 6.17. The van der Waals surface area contributed by atoms with Crippen molar-refractivity contribution in [2.75, 3.05) is 37.7 Å². The first-order valence-corrected chi connectivity index (χ1v) is 10.7. The standard InChI is InChI=1S/C24H26N4O3/c29-23-15-26-24(30)22(13-18-14-25-21-4-2-1-3-20(18)21)28(23)16-17-5-7-19(8-6-17)27-9-11-31-12-10-27/h1-8,14,22,25H,9-13,15-16H2,(H,26,30)/t22-/m1/s1. The second-order valence-electron chi connectivity index (χ2n) is 8.08. The molecule has 0 unspecified atom stereocenters. The second-order valence-corrected chi connectivity index (χ2v) is 8.08. The Labute approximate surface area is 181 Å². The summed E-state index contributed by atoms with van der Waals surface area (Å²) in [4.78, 5) is 32.7. The summed E-state index contributed by atoms with van der Waals surface area (Å²) >= 11 is 0. The summed E-state index contributed by atoms with van der Waals surface area (Å²) in [6.45, 7) is 3.73. The van der Waals surface area contributed by atoms with Crippen molar-refractivity contribution in [1.29, 1.82) is 0 Å². The van der Waals surface area contributed by atoms with Gasteiger partial charge in [-0.2, -0.15) is 0 Å². The van der Waals surface area contributed by atoms with Crippen molar-refractivity contribution in [3.63, 3.8) is 0 Å². The van der Waals surface area contributed by atoms with E-state index in [2.05, 4.69) is 27.3 Å². The second kappa shape index (κ2) is 8.43. The van der Waals surface area contributed by atoms with Gasteiger partial charge in [0.05, 0.1) is 19.8 Å². The van der Waals surface area contributed by atoms with Crippen LogP contribution < -0.4 is 10.2 Å². The molecule has 0 bridgehead atoms. The molecule has 0 saturated carbocycles. The molecule has 0 radical (unpaired) electrons. The van der Waals surface area contributed by atoms with Crippen molar-refractivity contribution >= 4 is 28.4 Å². The first-order valence-electron chi connectivity index (χ1n) is 10.7. The van der Waals surface area contributed by atoms with E-state index in [0.29, 0.717) is 13.0 Å². The monoisotopic (exact) mass is 418 g/mol. The Balaban J connectivity index is 1.35. The zero-order valence-corrected chi connectivity index (χ0v) is 17.3. The molecule has 2 N–H and O–H groups in total. The molecule has 2 aliphatic rings. The third-order valence-electron chi connectivity index (χ3n) is 6.17. The summed E-state index contributed by atoms with van der Waals surface area (Å²) < 4.78 is 5.42. The molecular formula is C24H26N4O3. The first-order chi connectivity index (χ1) is 15.2. The highest BCUT2D eigenvalue weighted by Gasteiger charge is 2.35. The summed E-state index contributed by atoms with van der Waals surface area (Å²) in [5.41, 5.74) is 4.25. The van der Waals surface area contributed by atoms with Gasteiger partial charge in [-0.15, -0.1) is 0 Å². The van der Waals surface area contributed by atoms with Gasteiger partial charge in [-0.05, 0) is 29.3 Å². The van der Waals surface area contributed by atoms with Crippen molar-refractivity contribution in [3.05, 3.63) is 65.9 Å². The summed E-state index contributed by atoms with van der Waals surface area (Å²) in [7, 11) is 0. The maximum Gasteiger partial charge on any atom is 0.243 e. The lowest BCUT2D eigenvalue weighted by Crippen LogP contribution is -2.58. The highest BCUT2D eigenvalue weighted by atomic mass is 16.5. The minimum atomic E-state index is -0.528. The molecular weight excluding hydrogens is 392 g/mol. The number of anilines is 1. The van der Waals surface area contributed by atoms with Crippen LogP contribution in [0.15, 0.2) is 54.7 Å². The number of nitrogens with one attached hydrogen (secondary N) is 2. The number of rotatable bonds is 5. The lowest BCUT2D eigenvalue weighted by molar-refractivity contribution is -0.146. The Bertz CT molecular complexity index is 1090. The average molecular weight is 418 g/mol. The van der Waals surface area contributed by atoms with Gasteiger partial charge in [0.15, 0.2) is 0 Å². The molecule has 2 aliphatic heterocycles. The van der Waals surface area contributed by atoms with Gasteiger partial charge in [0.1, 0.15) is 6.04 Å². The van der Waals surface area contributed by atoms with Gasteiger partial charge in [-0.3, -0.25) is 9.59 Å². The average Bonchev–Trinajstić information content (AvgIpc) is 3.22. The normalized spacial score (nSPS) is 19.7. The van der Waals surface area contributed by atoms with E-state index in [0.717, 1.165) is 54.0 Å². The zero-order chi connectivity index (χ0) is 21.2. The number of nitrogens with zero attached hydrogens (tertiary/aromatic N) is 2. The molecule has 7 nitrogen and oxygen atoms in total. The fourth-order valence-corrected chi connectivity index (χ4v) is 4.44. The molecule has 3 aromatic rings. The van der Waals surface area contributed by atoms with E-state index in [1.54, 1.807) is 4.90 Å². The maximum atomic E-state index is 12.7. The van der Waals surface area contributed by atoms with E-state index < -0.39 is 6.04 Å². The van der Waals surface area contributed by atoms with Crippen molar-refractivity contribution in [3.8, 4) is 0 Å². The molecule has 0 spiro atoms. The molecule has 2 saturated heterocycles. The van der Waals surface area contributed by atoms with Crippen molar-refractivity contribution < 1.29 is 14.3 Å². The number of hydrogen-bond donors (Lipinski definition) is 2. The Morgan fingerprint density at radius 3 is 2.58 bits per heavy atom. The van der Waals surface area contributed by atoms with Crippen molar-refractivity contribution in [2.24, 2.45) is 0 Å². The number of piperazine rings is 1. The molecule has 2 aromatic carbocycles. The zero-order valence-electron chi connectivity index (χ0n) is 17.3. The fraction of sp³-hybridized carbons (Fsp3) is 0.333. The summed E-state index contributed by atoms with van der Waals surface area (Å²) in [6.07, 6.45) is 2.42. The Morgan fingerprint density at radius 1 is 1.00 bits per heavy atom. The van der Waals surface area contributed by atoms with Crippen LogP contribution in [0.1, 0.15) is 11.1 Å². The highest BCUT2D eigenvalue weighted by Crippen LogP contribution is 2.24. The number of carbonyl (C=O) groups is 2. The number of ether oxygens (including phenoxy) is 1. The first kappa shape index (κ1) is 19.6. The molecule has 1 atom stereocenters. The molecule has 5 rings (SSSR count). The minimum Gasteiger partial charge on any atom is -0.378 e. The summed E-state index contributed by atoms with van der Waals surface area (Å²) in [5.74, 6) is -0.156. The fourth-order valence-electron chi connectivity index (χ4n) is 4.44. The van der Waals surface area contributed by atoms with Crippen LogP contribution in [0.25, 0.3) is 10.9 Å². The van der Waals surface area contributed by atoms with E-state index in [1.807, 2.05) is 42.6 Å². The van der Waals surface area contributed by atoms with Crippen molar-refractivity contribution in [2.45, 2.75) is 19.0 Å². The number of aromatic amines is 1. The maximum absolute atomic E-state index is 12.7. The van der Waals surface area contributed by atoms with E-state index >= 15 is 0 Å². The van der Waals surface area contributed by atoms with Gasteiger partial charge in [0.2, 0.25) is 11.8 Å². The largest absolute Gasteiger partial charge is 0.378 e. The van der Waals surface area contributed by atoms with Gasteiger partial charge < -0.3 is 24.8 Å². The molecule has 160 valence electrons. The van der Waals surface area contributed by atoms with Crippen LogP contribution in [0, 0.1) is 0 Å². The van der Waals surface area contributed by atoms with E-state index in [1.165, 1.54) is 0 Å². The van der Waals surface area contributed by atoms with E-state index in [9.17, 15) is 9.59 Å². The van der Waals surface area contributed by atoms with Crippen LogP contribution in [0.3, 0.4) is 0 Å². The number of fused-ring (bicyclic) bond motifs is 1. The number of para-hydroxylation sites is 1. The number of amides is 2. The van der Waals surface area contributed by atoms with E-state index in [4.69, 9.17) is 4.74 Å². The molecule has 3 heterocycles. The molecule has 1 aromatic heterocycles. The smallest absolute Gasteiger partial charge is 0.243 e. The molecule has 2 amide bonds. The number of morpholine rings is 1. The number of benzene rings is 2. The van der Waals surface area contributed by atoms with Gasteiger partial charge in [-0.25, -0.2) is 0 Å². The molecule has 31 heavy (non-hydrogen) atoms. The van der Waals surface area contributed by atoms with Crippen LogP contribution >= 0.6 is 0 Å². The number of aromatic nitrogens is 1. The third kappa shape index (κ3) is 4.01.